The second kappa shape index (κ2) is 6.52. The average molecular weight is 323 g/mol. The zero-order valence-corrected chi connectivity index (χ0v) is 12.7. The lowest BCUT2D eigenvalue weighted by molar-refractivity contribution is -0.140. The highest BCUT2D eigenvalue weighted by molar-refractivity contribution is 8.18. The lowest BCUT2D eigenvalue weighted by Crippen LogP contribution is -2.33. The summed E-state index contributed by atoms with van der Waals surface area (Å²) in [4.78, 5) is 35.3. The predicted octanol–water partition coefficient (Wildman–Crippen LogP) is 1.82. The van der Waals surface area contributed by atoms with Crippen molar-refractivity contribution in [2.24, 2.45) is 0 Å². The van der Waals surface area contributed by atoms with E-state index in [1.807, 2.05) is 0 Å². The van der Waals surface area contributed by atoms with Gasteiger partial charge in [0.25, 0.3) is 11.1 Å². The highest BCUT2D eigenvalue weighted by Gasteiger charge is 2.36. The lowest BCUT2D eigenvalue weighted by atomic mass is 10.1. The van der Waals surface area contributed by atoms with Crippen molar-refractivity contribution in [1.82, 2.24) is 4.90 Å². The molecule has 8 heteroatoms. The minimum atomic E-state index is -1.24. The molecule has 1 N–H and O–H groups in total. The van der Waals surface area contributed by atoms with Gasteiger partial charge in [-0.05, 0) is 30.0 Å². The third kappa shape index (κ3) is 3.22. The van der Waals surface area contributed by atoms with Crippen LogP contribution in [-0.2, 0) is 9.59 Å². The molecule has 1 fully saturated rings. The van der Waals surface area contributed by atoms with Crippen LogP contribution in [0.3, 0.4) is 0 Å². The van der Waals surface area contributed by atoms with E-state index in [0.717, 1.165) is 0 Å². The third-order valence-corrected chi connectivity index (χ3v) is 3.80. The highest BCUT2D eigenvalue weighted by Crippen LogP contribution is 2.34. The van der Waals surface area contributed by atoms with Crippen molar-refractivity contribution in [3.63, 3.8) is 0 Å². The Hall–Kier alpha value is -2.48. The Kier molecular flexibility index (Phi) is 4.71. The summed E-state index contributed by atoms with van der Waals surface area (Å²) >= 11 is 0.696. The molecule has 0 aliphatic carbocycles. The van der Waals surface area contributed by atoms with E-state index in [0.29, 0.717) is 33.7 Å². The second-order valence-electron chi connectivity index (χ2n) is 4.27. The van der Waals surface area contributed by atoms with Gasteiger partial charge in [0.1, 0.15) is 18.0 Å². The molecule has 1 aromatic rings. The fraction of sp³-hybridized carbons (Fsp3) is 0.214. The summed E-state index contributed by atoms with van der Waals surface area (Å²) in [6.45, 7) is -0.651. The van der Waals surface area contributed by atoms with Gasteiger partial charge in [0.15, 0.2) is 0 Å². The van der Waals surface area contributed by atoms with E-state index in [2.05, 4.69) is 0 Å². The fourth-order valence-electron chi connectivity index (χ4n) is 1.85. The molecule has 1 heterocycles. The number of benzene rings is 1. The molecule has 0 unspecified atom stereocenters. The van der Waals surface area contributed by atoms with Gasteiger partial charge >= 0.3 is 5.97 Å². The standard InChI is InChI=1S/C14H13NO6S/c1-20-9-4-3-8(10(6-9)21-2)5-11-13(18)15(7-12(16)17)14(19)22-11/h3-6H,7H2,1-2H3,(H,16,17)/b11-5-. The number of amides is 2. The Balaban J connectivity index is 2.32. The van der Waals surface area contributed by atoms with Crippen LogP contribution < -0.4 is 9.47 Å². The van der Waals surface area contributed by atoms with Crippen molar-refractivity contribution in [3.8, 4) is 11.5 Å². The van der Waals surface area contributed by atoms with Gasteiger partial charge in [-0.2, -0.15) is 0 Å². The number of hydrogen-bond acceptors (Lipinski definition) is 6. The molecule has 0 aromatic heterocycles. The molecule has 0 spiro atoms. The maximum Gasteiger partial charge on any atom is 0.323 e. The zero-order valence-electron chi connectivity index (χ0n) is 11.9. The molecule has 116 valence electrons. The number of ether oxygens (including phenoxy) is 2. The molecule has 1 aliphatic heterocycles. The zero-order chi connectivity index (χ0) is 16.3. The Morgan fingerprint density at radius 3 is 2.64 bits per heavy atom. The molecule has 22 heavy (non-hydrogen) atoms. The van der Waals surface area contributed by atoms with Gasteiger partial charge in [-0.15, -0.1) is 0 Å². The van der Waals surface area contributed by atoms with Crippen LogP contribution in [-0.4, -0.2) is 47.9 Å². The van der Waals surface area contributed by atoms with E-state index >= 15 is 0 Å². The van der Waals surface area contributed by atoms with Crippen molar-refractivity contribution in [3.05, 3.63) is 28.7 Å². The molecule has 2 amide bonds. The number of carbonyl (C=O) groups excluding carboxylic acids is 2. The summed E-state index contributed by atoms with van der Waals surface area (Å²) < 4.78 is 10.3. The van der Waals surface area contributed by atoms with Crippen molar-refractivity contribution < 1.29 is 29.0 Å². The van der Waals surface area contributed by atoms with E-state index in [-0.39, 0.29) is 4.91 Å². The molecule has 0 atom stereocenters. The molecular weight excluding hydrogens is 310 g/mol. The molecular formula is C14H13NO6S. The van der Waals surface area contributed by atoms with Gasteiger partial charge in [-0.25, -0.2) is 0 Å². The quantitative estimate of drug-likeness (QED) is 0.826. The van der Waals surface area contributed by atoms with Crippen molar-refractivity contribution in [1.29, 1.82) is 0 Å². The Morgan fingerprint density at radius 1 is 1.32 bits per heavy atom. The van der Waals surface area contributed by atoms with Gasteiger partial charge < -0.3 is 14.6 Å². The molecule has 0 saturated carbocycles. The van der Waals surface area contributed by atoms with E-state index < -0.39 is 23.7 Å². The largest absolute Gasteiger partial charge is 0.497 e. The van der Waals surface area contributed by atoms with E-state index in [1.165, 1.54) is 20.3 Å². The van der Waals surface area contributed by atoms with Gasteiger partial charge in [-0.3, -0.25) is 19.3 Å². The molecule has 0 radical (unpaired) electrons. The van der Waals surface area contributed by atoms with Crippen molar-refractivity contribution >= 4 is 35.0 Å². The van der Waals surface area contributed by atoms with Crippen LogP contribution in [0.4, 0.5) is 4.79 Å². The fourth-order valence-corrected chi connectivity index (χ4v) is 2.68. The van der Waals surface area contributed by atoms with Crippen LogP contribution in [0.5, 0.6) is 11.5 Å². The smallest absolute Gasteiger partial charge is 0.323 e. The molecule has 7 nitrogen and oxygen atoms in total. The topological polar surface area (TPSA) is 93.1 Å². The number of carbonyl (C=O) groups is 3. The Bertz CT molecular complexity index is 669. The summed E-state index contributed by atoms with van der Waals surface area (Å²) in [5.41, 5.74) is 0.587. The lowest BCUT2D eigenvalue weighted by Gasteiger charge is -2.09. The summed E-state index contributed by atoms with van der Waals surface area (Å²) in [6, 6.07) is 5.02. The first kappa shape index (κ1) is 15.9. The van der Waals surface area contributed by atoms with Crippen LogP contribution >= 0.6 is 11.8 Å². The van der Waals surface area contributed by atoms with E-state index in [9.17, 15) is 14.4 Å². The number of carboxylic acids is 1. The monoisotopic (exact) mass is 323 g/mol. The summed E-state index contributed by atoms with van der Waals surface area (Å²) in [5.74, 6) is -0.807. The molecule has 1 saturated heterocycles. The summed E-state index contributed by atoms with van der Waals surface area (Å²) in [7, 11) is 2.99. The SMILES string of the molecule is COc1ccc(/C=C2\SC(=O)N(CC(=O)O)C2=O)c(OC)c1. The van der Waals surface area contributed by atoms with E-state index in [1.54, 1.807) is 18.2 Å². The number of hydrogen-bond donors (Lipinski definition) is 1. The molecule has 0 bridgehead atoms. The van der Waals surface area contributed by atoms with Crippen molar-refractivity contribution in [2.75, 3.05) is 20.8 Å². The van der Waals surface area contributed by atoms with Gasteiger partial charge in [-0.1, -0.05) is 0 Å². The molecule has 1 aromatic carbocycles. The van der Waals surface area contributed by atoms with Crippen LogP contribution in [0.2, 0.25) is 0 Å². The minimum absolute atomic E-state index is 0.148. The Morgan fingerprint density at radius 2 is 2.05 bits per heavy atom. The van der Waals surface area contributed by atoms with Crippen molar-refractivity contribution in [2.45, 2.75) is 0 Å². The summed E-state index contributed by atoms with van der Waals surface area (Å²) in [6.07, 6.45) is 1.49. The molecule has 1 aliphatic rings. The predicted molar refractivity (Wildman–Crippen MR) is 79.9 cm³/mol. The van der Waals surface area contributed by atoms with Crippen LogP contribution in [0.25, 0.3) is 6.08 Å². The second-order valence-corrected chi connectivity index (χ2v) is 5.26. The first-order valence-corrected chi connectivity index (χ1v) is 6.97. The number of aliphatic carboxylic acids is 1. The number of methoxy groups -OCH3 is 2. The normalized spacial score (nSPS) is 16.3. The molecule has 2 rings (SSSR count). The van der Waals surface area contributed by atoms with Gasteiger partial charge in [0.2, 0.25) is 0 Å². The number of thioether (sulfide) groups is 1. The number of carboxylic acid groups (broad SMARTS) is 1. The maximum absolute atomic E-state index is 12.1. The Labute approximate surface area is 130 Å². The summed E-state index contributed by atoms with van der Waals surface area (Å²) in [5, 5.41) is 8.11. The van der Waals surface area contributed by atoms with Gasteiger partial charge in [0, 0.05) is 11.6 Å². The van der Waals surface area contributed by atoms with Crippen LogP contribution in [0.15, 0.2) is 23.1 Å². The van der Waals surface area contributed by atoms with E-state index in [4.69, 9.17) is 14.6 Å². The minimum Gasteiger partial charge on any atom is -0.497 e. The van der Waals surface area contributed by atoms with Gasteiger partial charge in [0.05, 0.1) is 19.1 Å². The first-order chi connectivity index (χ1) is 10.5. The highest BCUT2D eigenvalue weighted by atomic mass is 32.2. The number of rotatable bonds is 5. The average Bonchev–Trinajstić information content (AvgIpc) is 2.75. The maximum atomic E-state index is 12.1. The number of imide groups is 1. The number of nitrogens with zero attached hydrogens (tertiary/aromatic N) is 1. The van der Waals surface area contributed by atoms with Crippen LogP contribution in [0.1, 0.15) is 5.56 Å². The third-order valence-electron chi connectivity index (χ3n) is 2.89. The van der Waals surface area contributed by atoms with Crippen LogP contribution in [0, 0.1) is 0 Å². The first-order valence-electron chi connectivity index (χ1n) is 6.15.